The van der Waals surface area contributed by atoms with Gasteiger partial charge in [0, 0.05) is 16.6 Å². The maximum atomic E-state index is 10.7. The number of hydrogen-bond donors (Lipinski definition) is 1. The molecule has 9 heavy (non-hydrogen) atoms. The normalized spacial score (nSPS) is 20.0. The SMILES string of the molecule is CC1=C(Br)CCC(=O)N1. The van der Waals surface area contributed by atoms with Crippen LogP contribution >= 0.6 is 15.9 Å². The first kappa shape index (κ1) is 6.81. The fraction of sp³-hybridized carbons (Fsp3) is 0.500. The number of allylic oxidation sites excluding steroid dienone is 2. The van der Waals surface area contributed by atoms with Crippen LogP contribution in [0, 0.1) is 0 Å². The van der Waals surface area contributed by atoms with E-state index >= 15 is 0 Å². The Kier molecular flexibility index (Phi) is 1.90. The average molecular weight is 190 g/mol. The van der Waals surface area contributed by atoms with E-state index in [2.05, 4.69) is 21.2 Å². The van der Waals surface area contributed by atoms with E-state index in [0.29, 0.717) is 6.42 Å². The maximum absolute atomic E-state index is 10.7. The van der Waals surface area contributed by atoms with Gasteiger partial charge in [-0.15, -0.1) is 0 Å². The highest BCUT2D eigenvalue weighted by atomic mass is 79.9. The zero-order chi connectivity index (χ0) is 6.85. The van der Waals surface area contributed by atoms with Gasteiger partial charge in [-0.1, -0.05) is 15.9 Å². The summed E-state index contributed by atoms with van der Waals surface area (Å²) in [5, 5.41) is 2.72. The topological polar surface area (TPSA) is 29.1 Å². The van der Waals surface area contributed by atoms with Crippen molar-refractivity contribution >= 4 is 21.8 Å². The van der Waals surface area contributed by atoms with Gasteiger partial charge in [-0.25, -0.2) is 0 Å². The van der Waals surface area contributed by atoms with E-state index < -0.39 is 0 Å². The molecule has 2 nitrogen and oxygen atoms in total. The Morgan fingerprint density at radius 1 is 1.56 bits per heavy atom. The van der Waals surface area contributed by atoms with Crippen LogP contribution in [-0.2, 0) is 4.79 Å². The van der Waals surface area contributed by atoms with Crippen molar-refractivity contribution < 1.29 is 4.79 Å². The molecule has 3 heteroatoms. The summed E-state index contributed by atoms with van der Waals surface area (Å²) < 4.78 is 1.11. The highest BCUT2D eigenvalue weighted by molar-refractivity contribution is 9.11. The van der Waals surface area contributed by atoms with E-state index in [1.54, 1.807) is 0 Å². The molecule has 1 rings (SSSR count). The third kappa shape index (κ3) is 1.55. The summed E-state index contributed by atoms with van der Waals surface area (Å²) in [6.45, 7) is 1.89. The molecule has 0 aromatic carbocycles. The lowest BCUT2D eigenvalue weighted by Crippen LogP contribution is -2.25. The van der Waals surface area contributed by atoms with Crippen LogP contribution < -0.4 is 5.32 Å². The van der Waals surface area contributed by atoms with Gasteiger partial charge >= 0.3 is 0 Å². The zero-order valence-electron chi connectivity index (χ0n) is 5.20. The molecule has 0 fully saturated rings. The van der Waals surface area contributed by atoms with Crippen LogP contribution in [0.3, 0.4) is 0 Å². The first-order valence-corrected chi connectivity index (χ1v) is 3.64. The van der Waals surface area contributed by atoms with Gasteiger partial charge in [0.15, 0.2) is 0 Å². The minimum atomic E-state index is 0.121. The Morgan fingerprint density at radius 3 is 2.67 bits per heavy atom. The predicted octanol–water partition coefficient (Wildman–Crippen LogP) is 1.52. The number of carbonyl (C=O) groups is 1. The second kappa shape index (κ2) is 2.52. The molecule has 0 aliphatic carbocycles. The predicted molar refractivity (Wildman–Crippen MR) is 39.0 cm³/mol. The van der Waals surface area contributed by atoms with Crippen LogP contribution in [0.25, 0.3) is 0 Å². The summed E-state index contributed by atoms with van der Waals surface area (Å²) in [6.07, 6.45) is 1.45. The van der Waals surface area contributed by atoms with Crippen LogP contribution in [0.15, 0.2) is 10.2 Å². The third-order valence-corrected chi connectivity index (χ3v) is 2.30. The van der Waals surface area contributed by atoms with Crippen molar-refractivity contribution in [2.75, 3.05) is 0 Å². The number of amides is 1. The Bertz CT molecular complexity index is 174. The van der Waals surface area contributed by atoms with E-state index in [-0.39, 0.29) is 5.91 Å². The molecule has 0 bridgehead atoms. The maximum Gasteiger partial charge on any atom is 0.224 e. The molecule has 0 aromatic heterocycles. The molecule has 1 aliphatic rings. The Hall–Kier alpha value is -0.310. The number of nitrogens with one attached hydrogen (secondary N) is 1. The van der Waals surface area contributed by atoms with Crippen molar-refractivity contribution in [3.63, 3.8) is 0 Å². The summed E-state index contributed by atoms with van der Waals surface area (Å²) >= 11 is 3.35. The van der Waals surface area contributed by atoms with Crippen molar-refractivity contribution in [1.82, 2.24) is 5.32 Å². The molecule has 0 aromatic rings. The highest BCUT2D eigenvalue weighted by Crippen LogP contribution is 2.19. The van der Waals surface area contributed by atoms with E-state index in [1.165, 1.54) is 0 Å². The number of halogens is 1. The Balaban J connectivity index is 2.72. The van der Waals surface area contributed by atoms with Gasteiger partial charge in [0.2, 0.25) is 5.91 Å². The molecule has 50 valence electrons. The largest absolute Gasteiger partial charge is 0.329 e. The van der Waals surface area contributed by atoms with Gasteiger partial charge in [0.1, 0.15) is 0 Å². The first-order valence-electron chi connectivity index (χ1n) is 2.85. The van der Waals surface area contributed by atoms with Crippen molar-refractivity contribution in [1.29, 1.82) is 0 Å². The van der Waals surface area contributed by atoms with E-state index in [4.69, 9.17) is 0 Å². The standard InChI is InChI=1S/C6H8BrNO/c1-4-5(7)2-3-6(9)8-4/h2-3H2,1H3,(H,8,9). The summed E-state index contributed by atoms with van der Waals surface area (Å²) in [5.74, 6) is 0.121. The minimum absolute atomic E-state index is 0.121. The van der Waals surface area contributed by atoms with Crippen LogP contribution in [0.4, 0.5) is 0 Å². The molecule has 1 N–H and O–H groups in total. The zero-order valence-corrected chi connectivity index (χ0v) is 6.79. The third-order valence-electron chi connectivity index (χ3n) is 1.31. The molecular weight excluding hydrogens is 182 g/mol. The fourth-order valence-electron chi connectivity index (χ4n) is 0.750. The lowest BCUT2D eigenvalue weighted by Gasteiger charge is -2.13. The molecule has 0 atom stereocenters. The van der Waals surface area contributed by atoms with Crippen molar-refractivity contribution in [3.05, 3.63) is 10.2 Å². The van der Waals surface area contributed by atoms with Crippen molar-refractivity contribution in [2.45, 2.75) is 19.8 Å². The van der Waals surface area contributed by atoms with Gasteiger partial charge in [0.25, 0.3) is 0 Å². The molecule has 0 unspecified atom stereocenters. The van der Waals surface area contributed by atoms with Gasteiger partial charge < -0.3 is 5.32 Å². The summed E-state index contributed by atoms with van der Waals surface area (Å²) in [6, 6.07) is 0. The van der Waals surface area contributed by atoms with Crippen molar-refractivity contribution in [3.8, 4) is 0 Å². The molecular formula is C6H8BrNO. The fourth-order valence-corrected chi connectivity index (χ4v) is 1.05. The quantitative estimate of drug-likeness (QED) is 0.616. The van der Waals surface area contributed by atoms with Gasteiger partial charge in [-0.05, 0) is 13.3 Å². The molecule has 0 spiro atoms. The summed E-state index contributed by atoms with van der Waals surface area (Å²) in [5.41, 5.74) is 0.950. The monoisotopic (exact) mass is 189 g/mol. The molecule has 0 radical (unpaired) electrons. The Morgan fingerprint density at radius 2 is 2.22 bits per heavy atom. The lowest BCUT2D eigenvalue weighted by molar-refractivity contribution is -0.120. The van der Waals surface area contributed by atoms with E-state index in [0.717, 1.165) is 16.6 Å². The van der Waals surface area contributed by atoms with Crippen LogP contribution in [0.2, 0.25) is 0 Å². The van der Waals surface area contributed by atoms with E-state index in [1.807, 2.05) is 6.92 Å². The summed E-state index contributed by atoms with van der Waals surface area (Å²) in [4.78, 5) is 10.7. The second-order valence-electron chi connectivity index (χ2n) is 2.08. The van der Waals surface area contributed by atoms with Crippen LogP contribution in [0.1, 0.15) is 19.8 Å². The lowest BCUT2D eigenvalue weighted by atomic mass is 10.2. The van der Waals surface area contributed by atoms with Crippen LogP contribution in [0.5, 0.6) is 0 Å². The Labute approximate surface area is 62.4 Å². The first-order chi connectivity index (χ1) is 4.20. The average Bonchev–Trinajstić information content (AvgIpc) is 1.80. The molecule has 0 saturated heterocycles. The summed E-state index contributed by atoms with van der Waals surface area (Å²) in [7, 11) is 0. The van der Waals surface area contributed by atoms with Gasteiger partial charge in [0.05, 0.1) is 0 Å². The van der Waals surface area contributed by atoms with Crippen molar-refractivity contribution in [2.24, 2.45) is 0 Å². The number of carbonyl (C=O) groups excluding carboxylic acids is 1. The van der Waals surface area contributed by atoms with Gasteiger partial charge in [-0.3, -0.25) is 4.79 Å². The number of hydrogen-bond acceptors (Lipinski definition) is 1. The van der Waals surface area contributed by atoms with Gasteiger partial charge in [-0.2, -0.15) is 0 Å². The molecule has 0 saturated carbocycles. The smallest absolute Gasteiger partial charge is 0.224 e. The molecule has 1 aliphatic heterocycles. The molecule has 1 heterocycles. The van der Waals surface area contributed by atoms with Crippen LogP contribution in [-0.4, -0.2) is 5.91 Å². The second-order valence-corrected chi connectivity index (χ2v) is 3.04. The minimum Gasteiger partial charge on any atom is -0.329 e. The molecule has 1 amide bonds. The number of rotatable bonds is 0. The highest BCUT2D eigenvalue weighted by Gasteiger charge is 2.11. The van der Waals surface area contributed by atoms with E-state index in [9.17, 15) is 4.79 Å².